The molecule has 0 aliphatic rings. The lowest BCUT2D eigenvalue weighted by molar-refractivity contribution is -0.386. The fourth-order valence-electron chi connectivity index (χ4n) is 1.31. The van der Waals surface area contributed by atoms with Crippen LogP contribution >= 0.6 is 0 Å². The van der Waals surface area contributed by atoms with Crippen molar-refractivity contribution in [3.8, 4) is 0 Å². The van der Waals surface area contributed by atoms with Crippen molar-refractivity contribution in [3.05, 3.63) is 37.8 Å². The number of carbonyl (C=O) groups is 1. The van der Waals surface area contributed by atoms with E-state index in [4.69, 9.17) is 4.74 Å². The number of esters is 1. The van der Waals surface area contributed by atoms with Gasteiger partial charge in [0, 0.05) is 12.8 Å². The number of nitrogens with zero attached hydrogens (tertiary/aromatic N) is 1. The van der Waals surface area contributed by atoms with Gasteiger partial charge in [-0.2, -0.15) is 0 Å². The van der Waals surface area contributed by atoms with Crippen molar-refractivity contribution in [2.75, 3.05) is 20.3 Å². The molecule has 0 bridgehead atoms. The van der Waals surface area contributed by atoms with Gasteiger partial charge < -0.3 is 14.5 Å². The Morgan fingerprint density at radius 2 is 2.17 bits per heavy atom. The second-order valence-electron chi connectivity index (χ2n) is 3.43. The van der Waals surface area contributed by atoms with Gasteiger partial charge in [-0.15, -0.1) is 0 Å². The van der Waals surface area contributed by atoms with E-state index in [0.29, 0.717) is 5.69 Å². The number of hydrogen-bond donors (Lipinski definition) is 1. The molecule has 0 spiro atoms. The van der Waals surface area contributed by atoms with Crippen molar-refractivity contribution in [1.82, 2.24) is 4.98 Å². The highest BCUT2D eigenvalue weighted by Gasteiger charge is 2.26. The first-order valence-corrected chi connectivity index (χ1v) is 5.01. The van der Waals surface area contributed by atoms with E-state index in [2.05, 4.69) is 9.72 Å². The van der Waals surface area contributed by atoms with Crippen LogP contribution in [0.25, 0.3) is 0 Å². The third-order valence-electron chi connectivity index (χ3n) is 2.06. The fourth-order valence-corrected chi connectivity index (χ4v) is 1.31. The van der Waals surface area contributed by atoms with Crippen molar-refractivity contribution < 1.29 is 19.2 Å². The number of aromatic amines is 1. The molecular formula is C10H12N2O6. The molecule has 0 unspecified atom stereocenters. The molecule has 1 heterocycles. The second kappa shape index (κ2) is 5.92. The summed E-state index contributed by atoms with van der Waals surface area (Å²) in [6.07, 6.45) is 0. The summed E-state index contributed by atoms with van der Waals surface area (Å²) in [5.41, 5.74) is -1.77. The third kappa shape index (κ3) is 3.14. The monoisotopic (exact) mass is 256 g/mol. The molecule has 1 N–H and O–H groups in total. The summed E-state index contributed by atoms with van der Waals surface area (Å²) in [5.74, 6) is -0.923. The highest BCUT2D eigenvalue weighted by molar-refractivity contribution is 5.93. The van der Waals surface area contributed by atoms with Crippen molar-refractivity contribution in [2.24, 2.45) is 0 Å². The van der Waals surface area contributed by atoms with E-state index < -0.39 is 22.1 Å². The summed E-state index contributed by atoms with van der Waals surface area (Å²) in [5, 5.41) is 10.7. The van der Waals surface area contributed by atoms with E-state index in [-0.39, 0.29) is 18.8 Å². The van der Waals surface area contributed by atoms with Gasteiger partial charge in [-0.3, -0.25) is 14.9 Å². The molecule has 0 fully saturated rings. The number of carbonyl (C=O) groups excluding carboxylic acids is 1. The Morgan fingerprint density at radius 1 is 1.50 bits per heavy atom. The number of nitro groups is 1. The predicted molar refractivity (Wildman–Crippen MR) is 60.6 cm³/mol. The summed E-state index contributed by atoms with van der Waals surface area (Å²) >= 11 is 0. The van der Waals surface area contributed by atoms with Crippen LogP contribution in [0.2, 0.25) is 0 Å². The molecule has 1 aromatic rings. The SMILES string of the molecule is COCCOC(=O)c1cc(C)[nH]c(=O)c1[N+](=O)[O-]. The van der Waals surface area contributed by atoms with Gasteiger partial charge >= 0.3 is 17.2 Å². The number of methoxy groups -OCH3 is 1. The molecule has 1 rings (SSSR count). The molecule has 18 heavy (non-hydrogen) atoms. The molecule has 8 heteroatoms. The minimum Gasteiger partial charge on any atom is -0.459 e. The topological polar surface area (TPSA) is 112 Å². The van der Waals surface area contributed by atoms with Gasteiger partial charge in [0.15, 0.2) is 0 Å². The van der Waals surface area contributed by atoms with E-state index in [1.807, 2.05) is 0 Å². The molecule has 0 aromatic carbocycles. The Morgan fingerprint density at radius 3 is 2.72 bits per heavy atom. The van der Waals surface area contributed by atoms with Crippen LogP contribution in [0.4, 0.5) is 5.69 Å². The quantitative estimate of drug-likeness (QED) is 0.353. The van der Waals surface area contributed by atoms with Gasteiger partial charge in [-0.05, 0) is 13.0 Å². The summed E-state index contributed by atoms with van der Waals surface area (Å²) in [6, 6.07) is 1.20. The molecular weight excluding hydrogens is 244 g/mol. The molecule has 0 amide bonds. The van der Waals surface area contributed by atoms with Crippen molar-refractivity contribution in [3.63, 3.8) is 0 Å². The summed E-state index contributed by atoms with van der Waals surface area (Å²) in [7, 11) is 1.42. The van der Waals surface area contributed by atoms with Gasteiger partial charge in [-0.25, -0.2) is 4.79 Å². The normalized spacial score (nSPS) is 10.1. The van der Waals surface area contributed by atoms with Gasteiger partial charge in [-0.1, -0.05) is 0 Å². The van der Waals surface area contributed by atoms with E-state index >= 15 is 0 Å². The molecule has 0 aliphatic carbocycles. The maximum Gasteiger partial charge on any atom is 0.348 e. The van der Waals surface area contributed by atoms with E-state index in [9.17, 15) is 19.7 Å². The lowest BCUT2D eigenvalue weighted by atomic mass is 10.2. The molecule has 0 atom stereocenters. The Hall–Kier alpha value is -2.22. The minimum absolute atomic E-state index is 0.0433. The number of nitrogens with one attached hydrogen (secondary N) is 1. The average molecular weight is 256 g/mol. The van der Waals surface area contributed by atoms with Crippen LogP contribution in [-0.4, -0.2) is 36.2 Å². The van der Waals surface area contributed by atoms with Crippen molar-refractivity contribution in [2.45, 2.75) is 6.92 Å². The number of H-pyrrole nitrogens is 1. The van der Waals surface area contributed by atoms with E-state index in [0.717, 1.165) is 0 Å². The number of hydrogen-bond acceptors (Lipinski definition) is 6. The summed E-state index contributed by atoms with van der Waals surface area (Å²) in [6.45, 7) is 1.64. The Bertz CT molecular complexity index is 522. The van der Waals surface area contributed by atoms with Crippen LogP contribution in [0.15, 0.2) is 10.9 Å². The number of pyridine rings is 1. The predicted octanol–water partition coefficient (Wildman–Crippen LogP) is 0.395. The highest BCUT2D eigenvalue weighted by Crippen LogP contribution is 2.14. The van der Waals surface area contributed by atoms with E-state index in [1.54, 1.807) is 0 Å². The van der Waals surface area contributed by atoms with E-state index in [1.165, 1.54) is 20.1 Å². The largest absolute Gasteiger partial charge is 0.459 e. The summed E-state index contributed by atoms with van der Waals surface area (Å²) < 4.78 is 9.42. The lowest BCUT2D eigenvalue weighted by Crippen LogP contribution is -2.20. The van der Waals surface area contributed by atoms with Gasteiger partial charge in [0.05, 0.1) is 11.5 Å². The maximum atomic E-state index is 11.6. The van der Waals surface area contributed by atoms with Gasteiger partial charge in [0.2, 0.25) is 0 Å². The average Bonchev–Trinajstić information content (AvgIpc) is 2.27. The number of ether oxygens (including phenoxy) is 2. The number of rotatable bonds is 5. The van der Waals surface area contributed by atoms with Crippen LogP contribution in [-0.2, 0) is 9.47 Å². The van der Waals surface area contributed by atoms with Gasteiger partial charge in [0.1, 0.15) is 12.2 Å². The third-order valence-corrected chi connectivity index (χ3v) is 2.06. The zero-order chi connectivity index (χ0) is 13.7. The molecule has 0 radical (unpaired) electrons. The first-order chi connectivity index (χ1) is 8.47. The first-order valence-electron chi connectivity index (χ1n) is 5.01. The van der Waals surface area contributed by atoms with Crippen LogP contribution < -0.4 is 5.56 Å². The smallest absolute Gasteiger partial charge is 0.348 e. The Kier molecular flexibility index (Phi) is 4.55. The molecule has 0 aliphatic heterocycles. The van der Waals surface area contributed by atoms with Crippen LogP contribution in [0, 0.1) is 17.0 Å². The van der Waals surface area contributed by atoms with Crippen molar-refractivity contribution in [1.29, 1.82) is 0 Å². The second-order valence-corrected chi connectivity index (χ2v) is 3.43. The highest BCUT2D eigenvalue weighted by atomic mass is 16.6. The molecule has 98 valence electrons. The van der Waals surface area contributed by atoms with Crippen molar-refractivity contribution >= 4 is 11.7 Å². The van der Waals surface area contributed by atoms with Gasteiger partial charge in [0.25, 0.3) is 0 Å². The maximum absolute atomic E-state index is 11.6. The standard InChI is InChI=1S/C10H12N2O6/c1-6-5-7(10(14)18-4-3-17-2)8(12(15)16)9(13)11-6/h5H,3-4H2,1-2H3,(H,11,13). The summed E-state index contributed by atoms with van der Waals surface area (Å²) in [4.78, 5) is 35.1. The zero-order valence-electron chi connectivity index (χ0n) is 9.89. The molecule has 0 saturated heterocycles. The van der Waals surface area contributed by atoms with Crippen LogP contribution in [0.1, 0.15) is 16.1 Å². The first kappa shape index (κ1) is 13.8. The molecule has 1 aromatic heterocycles. The molecule has 0 saturated carbocycles. The van der Waals surface area contributed by atoms with Crippen LogP contribution in [0.3, 0.4) is 0 Å². The lowest BCUT2D eigenvalue weighted by Gasteiger charge is -2.05. The van der Waals surface area contributed by atoms with Crippen LogP contribution in [0.5, 0.6) is 0 Å². The number of aromatic nitrogens is 1. The minimum atomic E-state index is -0.932. The number of aryl methyl sites for hydroxylation is 1. The fraction of sp³-hybridized carbons (Fsp3) is 0.400. The molecule has 8 nitrogen and oxygen atoms in total. The zero-order valence-corrected chi connectivity index (χ0v) is 9.89. The Balaban J connectivity index is 3.10. The Labute approximate surface area is 102 Å².